The van der Waals surface area contributed by atoms with E-state index < -0.39 is 0 Å². The Morgan fingerprint density at radius 2 is 1.65 bits per heavy atom. The first-order chi connectivity index (χ1) is 11.2. The SMILES string of the molecule is [CH2]Cc1ccccc1CC(O)C=C(C)CCCCCCCCC. The van der Waals surface area contributed by atoms with Crippen molar-refractivity contribution in [3.05, 3.63) is 54.0 Å². The van der Waals surface area contributed by atoms with Gasteiger partial charge in [0.1, 0.15) is 0 Å². The molecule has 1 nitrogen and oxygen atoms in total. The summed E-state index contributed by atoms with van der Waals surface area (Å²) in [6.07, 6.45) is 13.6. The maximum absolute atomic E-state index is 10.3. The average Bonchev–Trinajstić information content (AvgIpc) is 2.54. The molecule has 1 heteroatoms. The second kappa shape index (κ2) is 12.4. The minimum Gasteiger partial charge on any atom is -0.389 e. The summed E-state index contributed by atoms with van der Waals surface area (Å²) in [5.41, 5.74) is 3.78. The molecule has 1 aromatic rings. The van der Waals surface area contributed by atoms with Crippen LogP contribution in [0.25, 0.3) is 0 Å². The van der Waals surface area contributed by atoms with E-state index in [0.29, 0.717) is 6.42 Å². The summed E-state index contributed by atoms with van der Waals surface area (Å²) in [7, 11) is 0. The predicted molar refractivity (Wildman–Crippen MR) is 102 cm³/mol. The van der Waals surface area contributed by atoms with Crippen LogP contribution in [0.3, 0.4) is 0 Å². The van der Waals surface area contributed by atoms with E-state index in [1.54, 1.807) is 0 Å². The fourth-order valence-electron chi connectivity index (χ4n) is 3.06. The van der Waals surface area contributed by atoms with Gasteiger partial charge >= 0.3 is 0 Å². The van der Waals surface area contributed by atoms with E-state index in [1.807, 2.05) is 18.2 Å². The normalized spacial score (nSPS) is 13.3. The Morgan fingerprint density at radius 3 is 2.30 bits per heavy atom. The molecular formula is C22H35O. The number of benzene rings is 1. The highest BCUT2D eigenvalue weighted by molar-refractivity contribution is 5.29. The molecule has 0 heterocycles. The second-order valence-electron chi connectivity index (χ2n) is 6.67. The molecule has 1 aromatic carbocycles. The average molecular weight is 316 g/mol. The first kappa shape index (κ1) is 20.0. The van der Waals surface area contributed by atoms with Crippen molar-refractivity contribution < 1.29 is 5.11 Å². The number of aliphatic hydroxyl groups excluding tert-OH is 1. The molecule has 23 heavy (non-hydrogen) atoms. The Kier molecular flexibility index (Phi) is 10.7. The van der Waals surface area contributed by atoms with Crippen LogP contribution in [-0.4, -0.2) is 11.2 Å². The first-order valence-electron chi connectivity index (χ1n) is 9.38. The number of aliphatic hydroxyl groups is 1. The fraction of sp³-hybridized carbons (Fsp3) is 0.591. The third-order valence-electron chi connectivity index (χ3n) is 4.47. The highest BCUT2D eigenvalue weighted by atomic mass is 16.3. The highest BCUT2D eigenvalue weighted by Gasteiger charge is 2.06. The Bertz CT molecular complexity index is 447. The molecule has 129 valence electrons. The van der Waals surface area contributed by atoms with Crippen molar-refractivity contribution in [3.63, 3.8) is 0 Å². The zero-order valence-corrected chi connectivity index (χ0v) is 15.2. The molecule has 0 bridgehead atoms. The predicted octanol–water partition coefficient (Wildman–Crippen LogP) is 6.05. The number of hydrogen-bond donors (Lipinski definition) is 1. The zero-order chi connectivity index (χ0) is 16.9. The van der Waals surface area contributed by atoms with Gasteiger partial charge in [-0.1, -0.05) is 81.4 Å². The second-order valence-corrected chi connectivity index (χ2v) is 6.67. The van der Waals surface area contributed by atoms with Gasteiger partial charge < -0.3 is 5.11 Å². The van der Waals surface area contributed by atoms with E-state index in [0.717, 1.165) is 12.8 Å². The number of allylic oxidation sites excluding steroid dienone is 1. The zero-order valence-electron chi connectivity index (χ0n) is 15.2. The molecular weight excluding hydrogens is 280 g/mol. The Balaban J connectivity index is 2.28. The van der Waals surface area contributed by atoms with Gasteiger partial charge in [-0.2, -0.15) is 0 Å². The van der Waals surface area contributed by atoms with Crippen molar-refractivity contribution in [1.82, 2.24) is 0 Å². The molecule has 0 aliphatic rings. The monoisotopic (exact) mass is 315 g/mol. The Morgan fingerprint density at radius 1 is 1.04 bits per heavy atom. The molecule has 0 aromatic heterocycles. The van der Waals surface area contributed by atoms with Gasteiger partial charge in [0.15, 0.2) is 0 Å². The minimum absolute atomic E-state index is 0.382. The van der Waals surface area contributed by atoms with Gasteiger partial charge in [-0.15, -0.1) is 0 Å². The van der Waals surface area contributed by atoms with Gasteiger partial charge in [0.05, 0.1) is 6.10 Å². The van der Waals surface area contributed by atoms with Crippen LogP contribution in [0, 0.1) is 6.92 Å². The highest BCUT2D eigenvalue weighted by Crippen LogP contribution is 2.16. The van der Waals surface area contributed by atoms with Crippen molar-refractivity contribution in [1.29, 1.82) is 0 Å². The largest absolute Gasteiger partial charge is 0.389 e. The van der Waals surface area contributed by atoms with Crippen molar-refractivity contribution in [2.45, 2.75) is 84.2 Å². The Hall–Kier alpha value is -1.08. The summed E-state index contributed by atoms with van der Waals surface area (Å²) in [5.74, 6) is 0. The summed E-state index contributed by atoms with van der Waals surface area (Å²) in [5, 5.41) is 10.3. The van der Waals surface area contributed by atoms with Gasteiger partial charge in [0, 0.05) is 6.42 Å². The van der Waals surface area contributed by atoms with Crippen LogP contribution in [0.4, 0.5) is 0 Å². The van der Waals surface area contributed by atoms with Crippen LogP contribution in [0.5, 0.6) is 0 Å². The molecule has 0 saturated carbocycles. The van der Waals surface area contributed by atoms with Gasteiger partial charge in [-0.3, -0.25) is 0 Å². The van der Waals surface area contributed by atoms with E-state index >= 15 is 0 Å². The van der Waals surface area contributed by atoms with E-state index in [2.05, 4.69) is 32.9 Å². The lowest BCUT2D eigenvalue weighted by Gasteiger charge is -2.11. The van der Waals surface area contributed by atoms with Crippen LogP contribution < -0.4 is 0 Å². The van der Waals surface area contributed by atoms with Gasteiger partial charge in [0.2, 0.25) is 0 Å². The molecule has 0 fully saturated rings. The van der Waals surface area contributed by atoms with E-state index in [-0.39, 0.29) is 6.10 Å². The molecule has 0 saturated heterocycles. The molecule has 0 aliphatic carbocycles. The van der Waals surface area contributed by atoms with Crippen LogP contribution in [0.1, 0.15) is 76.3 Å². The first-order valence-corrected chi connectivity index (χ1v) is 9.38. The summed E-state index contributed by atoms with van der Waals surface area (Å²) < 4.78 is 0. The lowest BCUT2D eigenvalue weighted by atomic mass is 9.98. The summed E-state index contributed by atoms with van der Waals surface area (Å²) in [6.45, 7) is 8.37. The van der Waals surface area contributed by atoms with Crippen molar-refractivity contribution in [2.75, 3.05) is 0 Å². The lowest BCUT2D eigenvalue weighted by molar-refractivity contribution is 0.222. The van der Waals surface area contributed by atoms with Crippen molar-refractivity contribution >= 4 is 0 Å². The fourth-order valence-corrected chi connectivity index (χ4v) is 3.06. The van der Waals surface area contributed by atoms with Crippen molar-refractivity contribution in [2.24, 2.45) is 0 Å². The summed E-state index contributed by atoms with van der Waals surface area (Å²) in [4.78, 5) is 0. The summed E-state index contributed by atoms with van der Waals surface area (Å²) >= 11 is 0. The van der Waals surface area contributed by atoms with Crippen molar-refractivity contribution in [3.8, 4) is 0 Å². The molecule has 1 radical (unpaired) electrons. The minimum atomic E-state index is -0.382. The standard InChI is InChI=1S/C22H35O/c1-4-6-7-8-9-10-11-14-19(3)17-22(23)18-21-16-13-12-15-20(21)5-2/h12-13,15-17,22-23H,2,4-11,14,18H2,1,3H3. The Labute approximate surface area is 143 Å². The maximum atomic E-state index is 10.3. The van der Waals surface area contributed by atoms with Crippen LogP contribution in [0.15, 0.2) is 35.9 Å². The maximum Gasteiger partial charge on any atom is 0.0763 e. The topological polar surface area (TPSA) is 20.2 Å². The molecule has 1 unspecified atom stereocenters. The molecule has 0 amide bonds. The third kappa shape index (κ3) is 8.95. The molecule has 1 atom stereocenters. The van der Waals surface area contributed by atoms with Gasteiger partial charge in [0.25, 0.3) is 0 Å². The van der Waals surface area contributed by atoms with E-state index in [4.69, 9.17) is 0 Å². The quantitative estimate of drug-likeness (QED) is 0.367. The van der Waals surface area contributed by atoms with Gasteiger partial charge in [-0.05, 0) is 44.2 Å². The molecule has 0 spiro atoms. The van der Waals surface area contributed by atoms with Crippen LogP contribution in [0.2, 0.25) is 0 Å². The molecule has 0 aliphatic heterocycles. The number of hydrogen-bond acceptors (Lipinski definition) is 1. The number of unbranched alkanes of at least 4 members (excludes halogenated alkanes) is 6. The molecule has 1 rings (SSSR count). The van der Waals surface area contributed by atoms with Gasteiger partial charge in [-0.25, -0.2) is 0 Å². The summed E-state index contributed by atoms with van der Waals surface area (Å²) in [6, 6.07) is 8.28. The van der Waals surface area contributed by atoms with Crippen LogP contribution in [-0.2, 0) is 12.8 Å². The van der Waals surface area contributed by atoms with E-state index in [1.165, 1.54) is 61.6 Å². The smallest absolute Gasteiger partial charge is 0.0763 e. The number of rotatable bonds is 12. The van der Waals surface area contributed by atoms with Crippen LogP contribution >= 0.6 is 0 Å². The van der Waals surface area contributed by atoms with E-state index in [9.17, 15) is 5.11 Å². The molecule has 1 N–H and O–H groups in total. The lowest BCUT2D eigenvalue weighted by Crippen LogP contribution is -2.09. The third-order valence-corrected chi connectivity index (χ3v) is 4.47.